The smallest absolute Gasteiger partial charge is 0.224 e. The lowest BCUT2D eigenvalue weighted by atomic mass is 10.3. The van der Waals surface area contributed by atoms with E-state index in [1.165, 1.54) is 0 Å². The zero-order chi connectivity index (χ0) is 12.0. The quantitative estimate of drug-likeness (QED) is 0.766. The van der Waals surface area contributed by atoms with E-state index in [9.17, 15) is 4.79 Å². The summed E-state index contributed by atoms with van der Waals surface area (Å²) in [6, 6.07) is 0. The predicted octanol–water partition coefficient (Wildman–Crippen LogP) is 1.38. The number of hydrogen-bond acceptors (Lipinski definition) is 4. The van der Waals surface area contributed by atoms with Crippen molar-refractivity contribution in [3.05, 3.63) is 17.0 Å². The number of aryl methyl sites for hydroxylation is 1. The van der Waals surface area contributed by atoms with E-state index in [0.717, 1.165) is 5.56 Å². The third kappa shape index (κ3) is 4.02. The number of carbonyl (C=O) groups excluding carboxylic acids is 1. The molecule has 0 aliphatic heterocycles. The Balaban J connectivity index is 2.42. The lowest BCUT2D eigenvalue weighted by molar-refractivity contribution is -0.120. The van der Waals surface area contributed by atoms with Crippen molar-refractivity contribution in [2.24, 2.45) is 0 Å². The van der Waals surface area contributed by atoms with Gasteiger partial charge >= 0.3 is 0 Å². The Morgan fingerprint density at radius 3 is 3.00 bits per heavy atom. The maximum Gasteiger partial charge on any atom is 0.224 e. The number of aromatic nitrogens is 2. The van der Waals surface area contributed by atoms with Gasteiger partial charge in [-0.3, -0.25) is 4.79 Å². The molecular weight excluding hydrogens is 228 g/mol. The monoisotopic (exact) mass is 242 g/mol. The largest absolute Gasteiger partial charge is 0.369 e. The summed E-state index contributed by atoms with van der Waals surface area (Å²) >= 11 is 5.67. The minimum atomic E-state index is 0.0211. The highest BCUT2D eigenvalue weighted by molar-refractivity contribution is 6.28. The molecule has 1 amide bonds. The molecule has 6 heteroatoms. The summed E-state index contributed by atoms with van der Waals surface area (Å²) in [6.07, 6.45) is 2.05. The Morgan fingerprint density at radius 2 is 2.31 bits per heavy atom. The van der Waals surface area contributed by atoms with Gasteiger partial charge in [-0.05, 0) is 25.4 Å². The van der Waals surface area contributed by atoms with Crippen molar-refractivity contribution in [1.82, 2.24) is 15.3 Å². The van der Waals surface area contributed by atoms with Crippen LogP contribution in [0.25, 0.3) is 0 Å². The molecule has 5 nitrogen and oxygen atoms in total. The number of anilines is 1. The standard InChI is InChI=1S/C10H15ClN4O/c1-3-12-8(16)4-5-13-9-7(2)6-14-10(11)15-9/h6H,3-5H2,1-2H3,(H,12,16)(H,13,14,15). The Labute approximate surface area is 99.6 Å². The number of nitrogens with zero attached hydrogens (tertiary/aromatic N) is 2. The fourth-order valence-electron chi connectivity index (χ4n) is 1.18. The second kappa shape index (κ2) is 6.27. The Hall–Kier alpha value is -1.36. The molecule has 0 unspecified atom stereocenters. The van der Waals surface area contributed by atoms with Gasteiger partial charge in [0.25, 0.3) is 0 Å². The van der Waals surface area contributed by atoms with Crippen LogP contribution in [0, 0.1) is 6.92 Å². The Morgan fingerprint density at radius 1 is 1.56 bits per heavy atom. The SMILES string of the molecule is CCNC(=O)CCNc1nc(Cl)ncc1C. The molecule has 1 rings (SSSR count). The molecule has 1 aromatic rings. The number of amides is 1. The first-order chi connectivity index (χ1) is 7.63. The van der Waals surface area contributed by atoms with Crippen LogP contribution in [0.3, 0.4) is 0 Å². The van der Waals surface area contributed by atoms with Crippen LogP contribution in [0.1, 0.15) is 18.9 Å². The number of carbonyl (C=O) groups is 1. The van der Waals surface area contributed by atoms with E-state index in [-0.39, 0.29) is 11.2 Å². The number of rotatable bonds is 5. The van der Waals surface area contributed by atoms with E-state index in [2.05, 4.69) is 20.6 Å². The number of halogens is 1. The molecule has 16 heavy (non-hydrogen) atoms. The molecule has 0 atom stereocenters. The summed E-state index contributed by atoms with van der Waals surface area (Å²) in [4.78, 5) is 19.0. The van der Waals surface area contributed by atoms with E-state index in [1.54, 1.807) is 6.20 Å². The summed E-state index contributed by atoms with van der Waals surface area (Å²) in [5.41, 5.74) is 0.903. The van der Waals surface area contributed by atoms with Crippen LogP contribution in [0.4, 0.5) is 5.82 Å². The van der Waals surface area contributed by atoms with Crippen LogP contribution in [0.15, 0.2) is 6.20 Å². The fourth-order valence-corrected chi connectivity index (χ4v) is 1.31. The van der Waals surface area contributed by atoms with E-state index in [4.69, 9.17) is 11.6 Å². The van der Waals surface area contributed by atoms with Crippen molar-refractivity contribution in [3.63, 3.8) is 0 Å². The maximum absolute atomic E-state index is 11.2. The van der Waals surface area contributed by atoms with Gasteiger partial charge in [-0.2, -0.15) is 0 Å². The molecule has 2 N–H and O–H groups in total. The molecule has 0 saturated heterocycles. The van der Waals surface area contributed by atoms with Gasteiger partial charge < -0.3 is 10.6 Å². The van der Waals surface area contributed by atoms with Gasteiger partial charge in [0.2, 0.25) is 11.2 Å². The topological polar surface area (TPSA) is 66.9 Å². The summed E-state index contributed by atoms with van der Waals surface area (Å²) in [7, 11) is 0. The Bertz CT molecular complexity index is 370. The first kappa shape index (κ1) is 12.7. The lowest BCUT2D eigenvalue weighted by Crippen LogP contribution is -2.25. The highest BCUT2D eigenvalue weighted by atomic mass is 35.5. The molecule has 88 valence electrons. The second-order valence-corrected chi connectivity index (χ2v) is 3.64. The minimum Gasteiger partial charge on any atom is -0.369 e. The van der Waals surface area contributed by atoms with Crippen LogP contribution in [0.5, 0.6) is 0 Å². The minimum absolute atomic E-state index is 0.0211. The van der Waals surface area contributed by atoms with Crippen molar-refractivity contribution in [3.8, 4) is 0 Å². The molecule has 1 aromatic heterocycles. The van der Waals surface area contributed by atoms with Gasteiger partial charge in [-0.25, -0.2) is 9.97 Å². The van der Waals surface area contributed by atoms with E-state index >= 15 is 0 Å². The van der Waals surface area contributed by atoms with E-state index in [1.807, 2.05) is 13.8 Å². The van der Waals surface area contributed by atoms with Crippen molar-refractivity contribution >= 4 is 23.3 Å². The van der Waals surface area contributed by atoms with Crippen LogP contribution in [-0.2, 0) is 4.79 Å². The third-order valence-electron chi connectivity index (χ3n) is 1.96. The Kier molecular flexibility index (Phi) is 4.98. The lowest BCUT2D eigenvalue weighted by Gasteiger charge is -2.07. The van der Waals surface area contributed by atoms with Crippen LogP contribution in [-0.4, -0.2) is 29.0 Å². The summed E-state index contributed by atoms with van der Waals surface area (Å²) in [5.74, 6) is 0.692. The van der Waals surface area contributed by atoms with E-state index in [0.29, 0.717) is 25.3 Å². The van der Waals surface area contributed by atoms with Crippen molar-refractivity contribution < 1.29 is 4.79 Å². The van der Waals surface area contributed by atoms with Crippen molar-refractivity contribution in [2.45, 2.75) is 20.3 Å². The highest BCUT2D eigenvalue weighted by Crippen LogP contribution is 2.12. The molecule has 1 heterocycles. The molecule has 0 fully saturated rings. The molecule has 0 aliphatic rings. The van der Waals surface area contributed by atoms with Gasteiger partial charge in [0, 0.05) is 31.3 Å². The molecule has 0 radical (unpaired) electrons. The van der Waals surface area contributed by atoms with Crippen molar-refractivity contribution in [2.75, 3.05) is 18.4 Å². The van der Waals surface area contributed by atoms with Gasteiger partial charge in [0.15, 0.2) is 0 Å². The molecule has 0 bridgehead atoms. The highest BCUT2D eigenvalue weighted by Gasteiger charge is 2.03. The van der Waals surface area contributed by atoms with Crippen LogP contribution >= 0.6 is 11.6 Å². The molecule has 0 saturated carbocycles. The number of nitrogens with one attached hydrogen (secondary N) is 2. The summed E-state index contributed by atoms with van der Waals surface area (Å²) in [6.45, 7) is 4.95. The summed E-state index contributed by atoms with van der Waals surface area (Å²) < 4.78 is 0. The van der Waals surface area contributed by atoms with Crippen LogP contribution in [0.2, 0.25) is 5.28 Å². The van der Waals surface area contributed by atoms with Crippen LogP contribution < -0.4 is 10.6 Å². The second-order valence-electron chi connectivity index (χ2n) is 3.30. The zero-order valence-corrected chi connectivity index (χ0v) is 10.1. The van der Waals surface area contributed by atoms with Crippen molar-refractivity contribution in [1.29, 1.82) is 0 Å². The van der Waals surface area contributed by atoms with E-state index < -0.39 is 0 Å². The maximum atomic E-state index is 11.2. The first-order valence-electron chi connectivity index (χ1n) is 5.13. The van der Waals surface area contributed by atoms with Gasteiger partial charge in [0.05, 0.1) is 0 Å². The predicted molar refractivity (Wildman–Crippen MR) is 63.6 cm³/mol. The molecular formula is C10H15ClN4O. The summed E-state index contributed by atoms with van der Waals surface area (Å²) in [5, 5.41) is 5.97. The average molecular weight is 243 g/mol. The van der Waals surface area contributed by atoms with Gasteiger partial charge in [-0.1, -0.05) is 0 Å². The zero-order valence-electron chi connectivity index (χ0n) is 9.38. The van der Waals surface area contributed by atoms with Gasteiger partial charge in [0.1, 0.15) is 5.82 Å². The normalized spacial score (nSPS) is 9.94. The molecule has 0 aliphatic carbocycles. The average Bonchev–Trinajstić information content (AvgIpc) is 2.23. The number of hydrogen-bond donors (Lipinski definition) is 2. The molecule has 0 spiro atoms. The van der Waals surface area contributed by atoms with Gasteiger partial charge in [-0.15, -0.1) is 0 Å². The fraction of sp³-hybridized carbons (Fsp3) is 0.500. The third-order valence-corrected chi connectivity index (χ3v) is 2.14. The first-order valence-corrected chi connectivity index (χ1v) is 5.51. The molecule has 0 aromatic carbocycles.